The van der Waals surface area contributed by atoms with Crippen LogP contribution in [-0.2, 0) is 94.7 Å². The fraction of sp³-hybridized carbons (Fsp3) is 0.316. The van der Waals surface area contributed by atoms with Gasteiger partial charge in [0.05, 0.1) is 131 Å². The molecule has 0 amide bonds. The molecule has 0 aliphatic carbocycles. The topological polar surface area (TPSA) is 373 Å². The smallest absolute Gasteiger partial charge is 0.354 e. The van der Waals surface area contributed by atoms with Crippen molar-refractivity contribution >= 4 is 18.2 Å². The summed E-state index contributed by atoms with van der Waals surface area (Å²) in [6.07, 6.45) is 9.01. The molecule has 3 atom stereocenters. The molecule has 5 aromatic carbocycles. The average Bonchev–Trinajstić information content (AvgIpc) is 1.68. The molecule has 606 valence electrons. The van der Waals surface area contributed by atoms with Crippen molar-refractivity contribution in [2.24, 2.45) is 0 Å². The van der Waals surface area contributed by atoms with Gasteiger partial charge in [-0.1, -0.05) is 42.5 Å². The molecule has 6 N–H and O–H groups in total. The Hall–Kier alpha value is -9.22. The van der Waals surface area contributed by atoms with Crippen LogP contribution in [0.2, 0.25) is 0 Å². The van der Waals surface area contributed by atoms with Crippen LogP contribution in [0.25, 0.3) is 45.0 Å². The number of rotatable bonds is 19. The maximum Gasteiger partial charge on any atom is 0.354 e. The second-order valence-electron chi connectivity index (χ2n) is 22.5. The van der Waals surface area contributed by atoms with Gasteiger partial charge < -0.3 is 98.2 Å². The number of aliphatic hydroxyl groups is 2. The number of para-hydroxylation sites is 1. The number of benzene rings is 5. The number of nitrogens with zero attached hydrogens (tertiary/aromatic N) is 9. The number of phenols is 1. The SMILES string of the molecule is COC(O)CC(O)OC.COc1c[c-]c(-c2ncc(C)nc2C)cc1OC.COc1c[c-]c(-c2ncc(C)nc2C)cc1OC.COc1c[c-]c(-c2ncc(C)nc2C)cc1OC.COc1c[c-]c(-c2ncc(C)nc2C)cc1OC.O=C(O)C1CCCN1.O=C(O)c1ccccn1.O=Cc1ccccc1O.[Ir].[Ir].[Ir].[Ir]. The quantitative estimate of drug-likeness (QED) is 0.0249. The standard InChI is InChI=1S/4C14H15N2O2.C7H6O2.C6H5NO2.C5H9NO2.C5H12O4.4Ir/c4*1-9-8-15-14(10(2)16-9)11-5-6-12(17-3)13(7-11)18-4;8-5-6-3-1-2-4-7(6)9;8-6(9)5-3-1-2-4-7-5;7-5(8)4-2-1-3-6-4;1-8-4(6)3-5(7)9-2;;;;/h4*6-8H,1-4H3;1-5,9H;1-4H,(H,8,9);4,6H,1-3H2,(H,7,8);4-7H,3H2,1-2H3;;;;/q4*-1;;;;;;;;. The van der Waals surface area contributed by atoms with E-state index < -0.39 is 24.5 Å². The molecule has 10 aromatic rings. The van der Waals surface area contributed by atoms with Crippen LogP contribution in [-0.4, -0.2) is 185 Å². The molecular weight excluding hydrogens is 2150 g/mol. The molecule has 11 rings (SSSR count). The van der Waals surface area contributed by atoms with Gasteiger partial charge in [-0.15, -0.1) is 70.8 Å². The van der Waals surface area contributed by atoms with Crippen LogP contribution >= 0.6 is 0 Å². The van der Waals surface area contributed by atoms with E-state index in [9.17, 15) is 14.4 Å². The molecular formula is C79H92Ir4N10O18-4. The molecule has 111 heavy (non-hydrogen) atoms. The van der Waals surface area contributed by atoms with E-state index in [1.165, 1.54) is 32.5 Å². The molecule has 5 aromatic heterocycles. The number of carbonyl (C=O) groups is 3. The van der Waals surface area contributed by atoms with Gasteiger partial charge in [-0.3, -0.25) is 29.5 Å². The number of aldehydes is 1. The Labute approximate surface area is 701 Å². The number of nitrogens with one attached hydrogen (secondary N) is 1. The number of methoxy groups -OCH3 is 10. The van der Waals surface area contributed by atoms with Crippen molar-refractivity contribution in [2.75, 3.05) is 77.6 Å². The normalized spacial score (nSPS) is 11.5. The second-order valence-corrected chi connectivity index (χ2v) is 22.5. The van der Waals surface area contributed by atoms with E-state index in [-0.39, 0.29) is 104 Å². The monoisotopic (exact) mass is 2240 g/mol. The molecule has 1 aliphatic rings. The van der Waals surface area contributed by atoms with Gasteiger partial charge in [0.15, 0.2) is 18.9 Å². The zero-order valence-corrected chi connectivity index (χ0v) is 74.2. The van der Waals surface area contributed by atoms with Crippen LogP contribution in [0, 0.1) is 79.7 Å². The third kappa shape index (κ3) is 33.7. The fourth-order valence-electron chi connectivity index (χ4n) is 9.44. The molecule has 1 aliphatic heterocycles. The van der Waals surface area contributed by atoms with E-state index in [1.807, 2.05) is 79.7 Å². The second kappa shape index (κ2) is 54.4. The van der Waals surface area contributed by atoms with Crippen LogP contribution in [0.15, 0.2) is 122 Å². The van der Waals surface area contributed by atoms with Crippen LogP contribution in [0.4, 0.5) is 0 Å². The first-order valence-corrected chi connectivity index (χ1v) is 32.8. The van der Waals surface area contributed by atoms with Crippen LogP contribution < -0.4 is 43.2 Å². The average molecular weight is 2240 g/mol. The van der Waals surface area contributed by atoms with Crippen molar-refractivity contribution < 1.29 is 168 Å². The summed E-state index contributed by atoms with van der Waals surface area (Å²) in [5, 5.41) is 45.8. The number of hydrogen-bond donors (Lipinski definition) is 6. The van der Waals surface area contributed by atoms with E-state index in [0.29, 0.717) is 57.8 Å². The number of carboxylic acids is 2. The van der Waals surface area contributed by atoms with Gasteiger partial charge >= 0.3 is 11.9 Å². The molecule has 28 nitrogen and oxygen atoms in total. The molecule has 0 spiro atoms. The summed E-state index contributed by atoms with van der Waals surface area (Å²) in [6, 6.07) is 37.8. The molecule has 6 heterocycles. The van der Waals surface area contributed by atoms with Gasteiger partial charge in [-0.05, 0) is 99.0 Å². The van der Waals surface area contributed by atoms with Gasteiger partial charge in [-0.25, -0.2) is 9.78 Å². The van der Waals surface area contributed by atoms with Crippen molar-refractivity contribution in [3.05, 3.63) is 203 Å². The van der Waals surface area contributed by atoms with Crippen molar-refractivity contribution in [1.29, 1.82) is 0 Å². The van der Waals surface area contributed by atoms with Crippen LogP contribution in [0.1, 0.15) is 85.7 Å². The van der Waals surface area contributed by atoms with Gasteiger partial charge in [0.1, 0.15) is 17.5 Å². The number of aromatic hydroxyl groups is 1. The Balaban J connectivity index is 0.00000126. The molecule has 0 bridgehead atoms. The first-order valence-electron chi connectivity index (χ1n) is 32.8. The van der Waals surface area contributed by atoms with Gasteiger partial charge in [-0.2, -0.15) is 0 Å². The summed E-state index contributed by atoms with van der Waals surface area (Å²) in [6.45, 7) is 16.3. The Kier molecular flexibility index (Phi) is 49.9. The Morgan fingerprint density at radius 3 is 0.973 bits per heavy atom. The molecule has 1 saturated heterocycles. The summed E-state index contributed by atoms with van der Waals surface area (Å²) < 4.78 is 50.7. The summed E-state index contributed by atoms with van der Waals surface area (Å²) in [5.41, 5.74) is 14.1. The van der Waals surface area contributed by atoms with Crippen molar-refractivity contribution in [2.45, 2.75) is 93.3 Å². The maximum atomic E-state index is 10.1. The first kappa shape index (κ1) is 102. The number of carbonyl (C=O) groups excluding carboxylic acids is 1. The third-order valence-corrected chi connectivity index (χ3v) is 14.8. The summed E-state index contributed by atoms with van der Waals surface area (Å²) >= 11 is 0. The first-order chi connectivity index (χ1) is 51.3. The van der Waals surface area contributed by atoms with Crippen molar-refractivity contribution in [3.63, 3.8) is 0 Å². The Bertz CT molecular complexity index is 4020. The molecule has 32 heteroatoms. The zero-order chi connectivity index (χ0) is 79.1. The van der Waals surface area contributed by atoms with Gasteiger partial charge in [0, 0.05) is 178 Å². The number of carboxylic acid groups (broad SMARTS) is 2. The number of ether oxygens (including phenoxy) is 10. The molecule has 3 unspecified atom stereocenters. The van der Waals surface area contributed by atoms with E-state index >= 15 is 0 Å². The van der Waals surface area contributed by atoms with Crippen molar-refractivity contribution in [3.8, 4) is 96.8 Å². The number of aliphatic carboxylic acids is 1. The molecule has 4 radical (unpaired) electrons. The number of aryl methyl sites for hydroxylation is 8. The largest absolute Gasteiger partial charge is 0.536 e. The third-order valence-electron chi connectivity index (χ3n) is 14.8. The fourth-order valence-corrected chi connectivity index (χ4v) is 9.44. The van der Waals surface area contributed by atoms with E-state index in [1.54, 1.807) is 136 Å². The van der Waals surface area contributed by atoms with E-state index in [2.05, 4.69) is 83.9 Å². The van der Waals surface area contributed by atoms with E-state index in [0.717, 1.165) is 110 Å². The number of pyridine rings is 1. The summed E-state index contributed by atoms with van der Waals surface area (Å²) in [7, 11) is 15.5. The number of phenolic OH excluding ortho intramolecular Hbond substituents is 1. The number of aromatic nitrogens is 9. The minimum atomic E-state index is -0.990. The number of hydrogen-bond acceptors (Lipinski definition) is 26. The van der Waals surface area contributed by atoms with Crippen LogP contribution in [0.3, 0.4) is 0 Å². The molecule has 0 saturated carbocycles. The number of aromatic carboxylic acids is 1. The van der Waals surface area contributed by atoms with E-state index in [4.69, 9.17) is 63.4 Å². The van der Waals surface area contributed by atoms with Crippen molar-refractivity contribution in [1.82, 2.24) is 50.2 Å². The Morgan fingerprint density at radius 2 is 0.775 bits per heavy atom. The number of aliphatic hydroxyl groups excluding tert-OH is 2. The van der Waals surface area contributed by atoms with Gasteiger partial charge in [0.25, 0.3) is 0 Å². The Morgan fingerprint density at radius 1 is 0.468 bits per heavy atom. The minimum absolute atomic E-state index is 0. The summed E-state index contributed by atoms with van der Waals surface area (Å²) in [4.78, 5) is 69.1. The molecule has 1 fully saturated rings. The predicted molar refractivity (Wildman–Crippen MR) is 400 cm³/mol. The van der Waals surface area contributed by atoms with Gasteiger partial charge in [0.2, 0.25) is 0 Å². The van der Waals surface area contributed by atoms with Crippen LogP contribution in [0.5, 0.6) is 51.7 Å². The predicted octanol–water partition coefficient (Wildman–Crippen LogP) is 11.4. The minimum Gasteiger partial charge on any atom is -0.536 e. The summed E-state index contributed by atoms with van der Waals surface area (Å²) in [5.74, 6) is 3.57. The maximum absolute atomic E-state index is 10.1. The zero-order valence-electron chi connectivity index (χ0n) is 64.6.